The molecule has 1 aromatic carbocycles. The summed E-state index contributed by atoms with van der Waals surface area (Å²) < 4.78 is 10.8. The first-order valence-corrected chi connectivity index (χ1v) is 5.80. The summed E-state index contributed by atoms with van der Waals surface area (Å²) in [6, 6.07) is 5.63. The highest BCUT2D eigenvalue weighted by atomic mass is 16.5. The maximum absolute atomic E-state index is 11.5. The molecule has 2 aliphatic rings. The Morgan fingerprint density at radius 2 is 2.25 bits per heavy atom. The molecule has 0 saturated heterocycles. The maximum atomic E-state index is 11.5. The Morgan fingerprint density at radius 1 is 1.38 bits per heavy atom. The molecule has 16 heavy (non-hydrogen) atoms. The molecule has 1 saturated carbocycles. The molecule has 1 aliphatic carbocycles. The zero-order chi connectivity index (χ0) is 11.0. The van der Waals surface area contributed by atoms with Crippen molar-refractivity contribution >= 4 is 5.97 Å². The number of benzene rings is 1. The van der Waals surface area contributed by atoms with Crippen LogP contribution in [0, 0.1) is 5.92 Å². The zero-order valence-corrected chi connectivity index (χ0v) is 9.07. The highest BCUT2D eigenvalue weighted by Gasteiger charge is 2.31. The van der Waals surface area contributed by atoms with Gasteiger partial charge in [0, 0.05) is 0 Å². The van der Waals surface area contributed by atoms with Gasteiger partial charge in [-0.05, 0) is 49.4 Å². The van der Waals surface area contributed by atoms with Crippen molar-refractivity contribution in [3.8, 4) is 11.5 Å². The first kappa shape index (κ1) is 9.70. The SMILES string of the molecule is O=C(Oc1ccc2c(c1)CCCO2)C1CC1. The van der Waals surface area contributed by atoms with Crippen LogP contribution in [-0.2, 0) is 11.2 Å². The van der Waals surface area contributed by atoms with Crippen molar-refractivity contribution in [2.45, 2.75) is 25.7 Å². The molecule has 3 heteroatoms. The molecule has 1 aromatic rings. The lowest BCUT2D eigenvalue weighted by Crippen LogP contribution is -2.11. The second-order valence-corrected chi connectivity index (χ2v) is 4.42. The molecule has 1 aliphatic heterocycles. The van der Waals surface area contributed by atoms with Crippen LogP contribution in [0.3, 0.4) is 0 Å². The summed E-state index contributed by atoms with van der Waals surface area (Å²) in [6.07, 6.45) is 4.00. The van der Waals surface area contributed by atoms with Gasteiger partial charge in [0.25, 0.3) is 0 Å². The fourth-order valence-corrected chi connectivity index (χ4v) is 1.92. The van der Waals surface area contributed by atoms with Gasteiger partial charge in [0.05, 0.1) is 12.5 Å². The van der Waals surface area contributed by atoms with E-state index in [1.165, 1.54) is 0 Å². The Morgan fingerprint density at radius 3 is 3.06 bits per heavy atom. The van der Waals surface area contributed by atoms with Crippen molar-refractivity contribution < 1.29 is 14.3 Å². The summed E-state index contributed by atoms with van der Waals surface area (Å²) in [5.41, 5.74) is 1.15. The van der Waals surface area contributed by atoms with Gasteiger partial charge in [-0.25, -0.2) is 0 Å². The van der Waals surface area contributed by atoms with Crippen LogP contribution in [0.25, 0.3) is 0 Å². The standard InChI is InChI=1S/C13H14O3/c14-13(9-3-4-9)16-11-5-6-12-10(8-11)2-1-7-15-12/h5-6,8-9H,1-4,7H2. The van der Waals surface area contributed by atoms with E-state index in [4.69, 9.17) is 9.47 Å². The Labute approximate surface area is 94.4 Å². The number of carbonyl (C=O) groups excluding carboxylic acids is 1. The third-order valence-corrected chi connectivity index (χ3v) is 3.01. The lowest BCUT2D eigenvalue weighted by Gasteiger charge is -2.17. The van der Waals surface area contributed by atoms with Crippen molar-refractivity contribution in [3.63, 3.8) is 0 Å². The van der Waals surface area contributed by atoms with Gasteiger partial charge >= 0.3 is 5.97 Å². The minimum atomic E-state index is -0.0864. The highest BCUT2D eigenvalue weighted by Crippen LogP contribution is 2.33. The average molecular weight is 218 g/mol. The summed E-state index contributed by atoms with van der Waals surface area (Å²) in [5, 5.41) is 0. The van der Waals surface area contributed by atoms with Crippen molar-refractivity contribution in [2.24, 2.45) is 5.92 Å². The molecule has 0 amide bonds. The van der Waals surface area contributed by atoms with Crippen LogP contribution >= 0.6 is 0 Å². The normalized spacial score (nSPS) is 18.5. The summed E-state index contributed by atoms with van der Waals surface area (Å²) in [5.74, 6) is 1.64. The van der Waals surface area contributed by atoms with Gasteiger partial charge < -0.3 is 9.47 Å². The summed E-state index contributed by atoms with van der Waals surface area (Å²) in [4.78, 5) is 11.5. The van der Waals surface area contributed by atoms with Gasteiger partial charge in [-0.3, -0.25) is 4.79 Å². The third kappa shape index (κ3) is 1.90. The number of hydrogen-bond acceptors (Lipinski definition) is 3. The number of esters is 1. The largest absolute Gasteiger partial charge is 0.493 e. The molecule has 3 nitrogen and oxygen atoms in total. The van der Waals surface area contributed by atoms with Crippen LogP contribution in [0.2, 0.25) is 0 Å². The fraction of sp³-hybridized carbons (Fsp3) is 0.462. The Kier molecular flexibility index (Phi) is 2.31. The molecule has 84 valence electrons. The lowest BCUT2D eigenvalue weighted by atomic mass is 10.1. The number of rotatable bonds is 2. The van der Waals surface area contributed by atoms with Gasteiger partial charge in [0.15, 0.2) is 0 Å². The molecule has 0 atom stereocenters. The topological polar surface area (TPSA) is 35.5 Å². The Hall–Kier alpha value is -1.51. The predicted molar refractivity (Wildman–Crippen MR) is 58.6 cm³/mol. The molecule has 0 aromatic heterocycles. The van der Waals surface area contributed by atoms with Gasteiger partial charge in [0.1, 0.15) is 11.5 Å². The first-order chi connectivity index (χ1) is 7.83. The number of hydrogen-bond donors (Lipinski definition) is 0. The number of ether oxygens (including phenoxy) is 2. The molecule has 1 fully saturated rings. The molecule has 0 N–H and O–H groups in total. The monoisotopic (exact) mass is 218 g/mol. The summed E-state index contributed by atoms with van der Waals surface area (Å²) in [6.45, 7) is 0.786. The van der Waals surface area contributed by atoms with Gasteiger partial charge in [-0.15, -0.1) is 0 Å². The van der Waals surface area contributed by atoms with E-state index in [2.05, 4.69) is 0 Å². The van der Waals surface area contributed by atoms with Gasteiger partial charge in [-0.1, -0.05) is 0 Å². The van der Waals surface area contributed by atoms with Crippen LogP contribution in [0.15, 0.2) is 18.2 Å². The zero-order valence-electron chi connectivity index (χ0n) is 9.07. The Balaban J connectivity index is 1.77. The molecular weight excluding hydrogens is 204 g/mol. The molecule has 0 unspecified atom stereocenters. The van der Waals surface area contributed by atoms with E-state index < -0.39 is 0 Å². The van der Waals surface area contributed by atoms with Crippen molar-refractivity contribution in [3.05, 3.63) is 23.8 Å². The van der Waals surface area contributed by atoms with Crippen LogP contribution in [0.4, 0.5) is 0 Å². The van der Waals surface area contributed by atoms with Crippen molar-refractivity contribution in [1.29, 1.82) is 0 Å². The summed E-state index contributed by atoms with van der Waals surface area (Å²) >= 11 is 0. The number of carbonyl (C=O) groups is 1. The highest BCUT2D eigenvalue weighted by molar-refractivity contribution is 5.77. The number of fused-ring (bicyclic) bond motifs is 1. The van der Waals surface area contributed by atoms with E-state index in [-0.39, 0.29) is 11.9 Å². The van der Waals surface area contributed by atoms with Crippen molar-refractivity contribution in [1.82, 2.24) is 0 Å². The minimum absolute atomic E-state index is 0.0864. The molecule has 1 heterocycles. The minimum Gasteiger partial charge on any atom is -0.493 e. The Bertz CT molecular complexity index is 421. The third-order valence-electron chi connectivity index (χ3n) is 3.01. The average Bonchev–Trinajstić information content (AvgIpc) is 3.12. The predicted octanol–water partition coefficient (Wildman–Crippen LogP) is 2.33. The van der Waals surface area contributed by atoms with Crippen molar-refractivity contribution in [2.75, 3.05) is 6.61 Å². The number of aryl methyl sites for hydroxylation is 1. The van der Waals surface area contributed by atoms with Crippen LogP contribution in [0.5, 0.6) is 11.5 Å². The molecule has 0 radical (unpaired) electrons. The van der Waals surface area contributed by atoms with E-state index in [1.807, 2.05) is 18.2 Å². The van der Waals surface area contributed by atoms with Gasteiger partial charge in [0.2, 0.25) is 0 Å². The quantitative estimate of drug-likeness (QED) is 0.564. The second-order valence-electron chi connectivity index (χ2n) is 4.42. The van der Waals surface area contributed by atoms with E-state index in [9.17, 15) is 4.79 Å². The van der Waals surface area contributed by atoms with Crippen LogP contribution in [0.1, 0.15) is 24.8 Å². The van der Waals surface area contributed by atoms with Crippen LogP contribution in [-0.4, -0.2) is 12.6 Å². The molecule has 0 bridgehead atoms. The fourth-order valence-electron chi connectivity index (χ4n) is 1.92. The molecular formula is C13H14O3. The summed E-state index contributed by atoms with van der Waals surface area (Å²) in [7, 11) is 0. The van der Waals surface area contributed by atoms with E-state index in [1.54, 1.807) is 0 Å². The van der Waals surface area contributed by atoms with Crippen LogP contribution < -0.4 is 9.47 Å². The maximum Gasteiger partial charge on any atom is 0.314 e. The van der Waals surface area contributed by atoms with Gasteiger partial charge in [-0.2, -0.15) is 0 Å². The first-order valence-electron chi connectivity index (χ1n) is 5.80. The molecule has 3 rings (SSSR count). The molecule has 0 spiro atoms. The second kappa shape index (κ2) is 3.81. The van der Waals surface area contributed by atoms with E-state index in [0.29, 0.717) is 5.75 Å². The van der Waals surface area contributed by atoms with E-state index >= 15 is 0 Å². The lowest BCUT2D eigenvalue weighted by molar-refractivity contribution is -0.135. The van der Waals surface area contributed by atoms with E-state index in [0.717, 1.165) is 43.6 Å². The smallest absolute Gasteiger partial charge is 0.314 e.